The molecule has 1 aliphatic rings. The first kappa shape index (κ1) is 21.1. The molecule has 0 unspecified atom stereocenters. The molecule has 1 saturated carbocycles. The molecule has 1 fully saturated rings. The van der Waals surface area contributed by atoms with Crippen molar-refractivity contribution in [2.45, 2.75) is 31.7 Å². The first-order chi connectivity index (χ1) is 14.9. The molecule has 0 atom stereocenters. The molecule has 0 saturated heterocycles. The summed E-state index contributed by atoms with van der Waals surface area (Å²) in [6.45, 7) is 0. The summed E-state index contributed by atoms with van der Waals surface area (Å²) in [5.74, 6) is -2.81. The Bertz CT molecular complexity index is 1140. The maximum Gasteiger partial charge on any atom is 0.256 e. The van der Waals surface area contributed by atoms with Crippen molar-refractivity contribution in [2.24, 2.45) is 4.99 Å². The zero-order valence-electron chi connectivity index (χ0n) is 16.3. The Hall–Kier alpha value is -3.13. The summed E-state index contributed by atoms with van der Waals surface area (Å²) in [7, 11) is 0. The van der Waals surface area contributed by atoms with E-state index >= 15 is 0 Å². The molecule has 2 N–H and O–H groups in total. The second kappa shape index (κ2) is 8.93. The van der Waals surface area contributed by atoms with Crippen LogP contribution in [0.2, 0.25) is 5.02 Å². The van der Waals surface area contributed by atoms with Crippen LogP contribution in [0.1, 0.15) is 35.3 Å². The predicted molar refractivity (Wildman–Crippen MR) is 112 cm³/mol. The fraction of sp³-hybridized carbons (Fsp3) is 0.227. The van der Waals surface area contributed by atoms with Crippen molar-refractivity contribution in [3.63, 3.8) is 0 Å². The molecule has 160 valence electrons. The Kier molecular flexibility index (Phi) is 6.08. The molecular formula is C22H18ClF3N4O. The topological polar surface area (TPSA) is 70.1 Å². The summed E-state index contributed by atoms with van der Waals surface area (Å²) in [6, 6.07) is 8.88. The first-order valence-corrected chi connectivity index (χ1v) is 10.1. The molecule has 9 heteroatoms. The molecule has 1 aromatic heterocycles. The molecule has 2 aromatic carbocycles. The van der Waals surface area contributed by atoms with Gasteiger partial charge in [-0.2, -0.15) is 5.10 Å². The molecule has 1 aliphatic carbocycles. The molecule has 31 heavy (non-hydrogen) atoms. The quantitative estimate of drug-likeness (QED) is 0.424. The van der Waals surface area contributed by atoms with Gasteiger partial charge in [-0.3, -0.25) is 14.9 Å². The monoisotopic (exact) mass is 446 g/mol. The molecule has 0 radical (unpaired) electrons. The van der Waals surface area contributed by atoms with E-state index in [2.05, 4.69) is 20.5 Å². The van der Waals surface area contributed by atoms with Gasteiger partial charge in [-0.05, 0) is 61.7 Å². The maximum absolute atomic E-state index is 13.6. The van der Waals surface area contributed by atoms with Crippen LogP contribution in [0.15, 0.2) is 47.5 Å². The minimum absolute atomic E-state index is 0.0140. The standard InChI is InChI=1S/C22H18ClF3N4O/c23-14-6-13(7-15(24)9-14)20-10-17(29-30-20)11-21(27-16-2-1-3-16)28-22(31)12-4-5-18(25)19(26)8-12/h4-10,16H,1-3,11H2,(H,29,30)(H,27,28,31). The summed E-state index contributed by atoms with van der Waals surface area (Å²) >= 11 is 5.91. The average Bonchev–Trinajstić information content (AvgIpc) is 3.14. The molecule has 3 aromatic rings. The van der Waals surface area contributed by atoms with E-state index in [0.717, 1.165) is 31.4 Å². The van der Waals surface area contributed by atoms with E-state index in [4.69, 9.17) is 11.6 Å². The number of benzene rings is 2. The van der Waals surface area contributed by atoms with Gasteiger partial charge in [-0.25, -0.2) is 13.2 Å². The molecule has 4 rings (SSSR count). The number of amidine groups is 1. The van der Waals surface area contributed by atoms with Crippen LogP contribution in [0.3, 0.4) is 0 Å². The van der Waals surface area contributed by atoms with Gasteiger partial charge >= 0.3 is 0 Å². The SMILES string of the molecule is O=C(NC(Cc1cc(-c2cc(F)cc(Cl)c2)n[nH]1)=NC1CCC1)c1ccc(F)c(F)c1. The van der Waals surface area contributed by atoms with Gasteiger partial charge in [0.1, 0.15) is 11.7 Å². The Morgan fingerprint density at radius 2 is 1.94 bits per heavy atom. The lowest BCUT2D eigenvalue weighted by Crippen LogP contribution is -2.34. The van der Waals surface area contributed by atoms with E-state index < -0.39 is 23.4 Å². The molecule has 1 heterocycles. The van der Waals surface area contributed by atoms with Gasteiger partial charge in [-0.15, -0.1) is 0 Å². The number of rotatable bonds is 5. The second-order valence-corrected chi connectivity index (χ2v) is 7.79. The number of nitrogens with one attached hydrogen (secondary N) is 2. The highest BCUT2D eigenvalue weighted by Gasteiger charge is 2.20. The second-order valence-electron chi connectivity index (χ2n) is 7.36. The minimum Gasteiger partial charge on any atom is -0.310 e. The molecule has 5 nitrogen and oxygen atoms in total. The van der Waals surface area contributed by atoms with Crippen molar-refractivity contribution >= 4 is 23.3 Å². The molecule has 1 amide bonds. The highest BCUT2D eigenvalue weighted by molar-refractivity contribution is 6.30. The van der Waals surface area contributed by atoms with Gasteiger partial charge in [0.15, 0.2) is 11.6 Å². The van der Waals surface area contributed by atoms with Gasteiger partial charge in [0.2, 0.25) is 0 Å². The number of carbonyl (C=O) groups is 1. The number of aliphatic imine (C=N–C) groups is 1. The van der Waals surface area contributed by atoms with Crippen molar-refractivity contribution in [1.29, 1.82) is 0 Å². The third kappa shape index (κ3) is 5.14. The van der Waals surface area contributed by atoms with Crippen molar-refractivity contribution < 1.29 is 18.0 Å². The van der Waals surface area contributed by atoms with Crippen LogP contribution in [0.5, 0.6) is 0 Å². The van der Waals surface area contributed by atoms with Crippen LogP contribution in [0.4, 0.5) is 13.2 Å². The number of aromatic nitrogens is 2. The normalized spacial score (nSPS) is 14.4. The van der Waals surface area contributed by atoms with E-state index in [0.29, 0.717) is 22.8 Å². The number of aromatic amines is 1. The summed E-state index contributed by atoms with van der Waals surface area (Å²) in [5, 5.41) is 9.98. The van der Waals surface area contributed by atoms with Crippen molar-refractivity contribution in [1.82, 2.24) is 15.5 Å². The van der Waals surface area contributed by atoms with Gasteiger partial charge in [-0.1, -0.05) is 11.6 Å². The van der Waals surface area contributed by atoms with Gasteiger partial charge in [0.25, 0.3) is 5.91 Å². The van der Waals surface area contributed by atoms with E-state index in [-0.39, 0.29) is 23.0 Å². The van der Waals surface area contributed by atoms with Crippen LogP contribution in [-0.2, 0) is 6.42 Å². The maximum atomic E-state index is 13.6. The number of amides is 1. The van der Waals surface area contributed by atoms with Gasteiger partial charge in [0.05, 0.1) is 11.7 Å². The van der Waals surface area contributed by atoms with Crippen LogP contribution in [0, 0.1) is 17.5 Å². The smallest absolute Gasteiger partial charge is 0.256 e. The number of hydrogen-bond acceptors (Lipinski definition) is 3. The van der Waals surface area contributed by atoms with E-state index in [1.54, 1.807) is 12.1 Å². The Morgan fingerprint density at radius 1 is 1.13 bits per heavy atom. The lowest BCUT2D eigenvalue weighted by atomic mass is 9.94. The first-order valence-electron chi connectivity index (χ1n) is 9.71. The number of halogens is 4. The highest BCUT2D eigenvalue weighted by Crippen LogP contribution is 2.24. The average molecular weight is 447 g/mol. The summed E-state index contributed by atoms with van der Waals surface area (Å²) in [5.41, 5.74) is 1.63. The largest absolute Gasteiger partial charge is 0.310 e. The molecule has 0 bridgehead atoms. The number of carbonyl (C=O) groups excluding carboxylic acids is 1. The summed E-state index contributed by atoms with van der Waals surface area (Å²) < 4.78 is 40.3. The van der Waals surface area contributed by atoms with Crippen molar-refractivity contribution in [3.05, 3.63) is 76.2 Å². The lowest BCUT2D eigenvalue weighted by Gasteiger charge is -2.22. The number of hydrogen-bond donors (Lipinski definition) is 2. The van der Waals surface area contributed by atoms with Crippen LogP contribution >= 0.6 is 11.6 Å². The zero-order valence-corrected chi connectivity index (χ0v) is 17.0. The van der Waals surface area contributed by atoms with E-state index in [1.807, 2.05) is 0 Å². The lowest BCUT2D eigenvalue weighted by molar-refractivity contribution is 0.0975. The third-order valence-corrected chi connectivity index (χ3v) is 5.22. The Labute approximate surface area is 181 Å². The summed E-state index contributed by atoms with van der Waals surface area (Å²) in [6.07, 6.45) is 3.12. The number of H-pyrrole nitrogens is 1. The summed E-state index contributed by atoms with van der Waals surface area (Å²) in [4.78, 5) is 17.1. The van der Waals surface area contributed by atoms with E-state index in [9.17, 15) is 18.0 Å². The molecule has 0 spiro atoms. The van der Waals surface area contributed by atoms with E-state index in [1.165, 1.54) is 18.2 Å². The Balaban J connectivity index is 1.53. The fourth-order valence-electron chi connectivity index (χ4n) is 3.18. The van der Waals surface area contributed by atoms with Crippen molar-refractivity contribution in [3.8, 4) is 11.3 Å². The fourth-order valence-corrected chi connectivity index (χ4v) is 3.40. The van der Waals surface area contributed by atoms with Crippen LogP contribution in [0.25, 0.3) is 11.3 Å². The van der Waals surface area contributed by atoms with Crippen LogP contribution in [-0.4, -0.2) is 28.0 Å². The molecular weight excluding hydrogens is 429 g/mol. The van der Waals surface area contributed by atoms with Crippen LogP contribution < -0.4 is 5.32 Å². The minimum atomic E-state index is -1.10. The third-order valence-electron chi connectivity index (χ3n) is 5.00. The molecule has 0 aliphatic heterocycles. The van der Waals surface area contributed by atoms with Crippen molar-refractivity contribution in [2.75, 3.05) is 0 Å². The number of nitrogens with zero attached hydrogens (tertiary/aromatic N) is 2. The van der Waals surface area contributed by atoms with Gasteiger partial charge in [0, 0.05) is 28.3 Å². The zero-order chi connectivity index (χ0) is 22.0. The Morgan fingerprint density at radius 3 is 2.61 bits per heavy atom. The van der Waals surface area contributed by atoms with Gasteiger partial charge < -0.3 is 5.32 Å². The highest BCUT2D eigenvalue weighted by atomic mass is 35.5. The predicted octanol–water partition coefficient (Wildman–Crippen LogP) is 5.07.